The minimum atomic E-state index is -0.156. The number of aromatic nitrogens is 4. The maximum Gasteiger partial charge on any atom is 0.227 e. The zero-order valence-electron chi connectivity index (χ0n) is 28.7. The third kappa shape index (κ3) is 4.78. The van der Waals surface area contributed by atoms with Crippen LogP contribution in [0, 0.1) is 0 Å². The molecule has 0 saturated carbocycles. The lowest BCUT2D eigenvalue weighted by Gasteiger charge is -2.21. The lowest BCUT2D eigenvalue weighted by Crippen LogP contribution is -2.14. The van der Waals surface area contributed by atoms with E-state index in [0.717, 1.165) is 55.3 Å². The summed E-state index contributed by atoms with van der Waals surface area (Å²) in [7, 11) is 0. The smallest absolute Gasteiger partial charge is 0.227 e. The fourth-order valence-corrected chi connectivity index (χ4v) is 7.73. The van der Waals surface area contributed by atoms with E-state index >= 15 is 0 Å². The molecular formula is C47H32N4O. The van der Waals surface area contributed by atoms with Gasteiger partial charge in [-0.15, -0.1) is 0 Å². The highest BCUT2D eigenvalue weighted by atomic mass is 16.3. The first-order chi connectivity index (χ1) is 25.5. The van der Waals surface area contributed by atoms with Gasteiger partial charge < -0.3 is 4.42 Å². The fourth-order valence-electron chi connectivity index (χ4n) is 7.73. The Morgan fingerprint density at radius 2 is 0.981 bits per heavy atom. The quantitative estimate of drug-likeness (QED) is 0.183. The molecule has 0 saturated heterocycles. The molecule has 10 rings (SSSR count). The summed E-state index contributed by atoms with van der Waals surface area (Å²) in [6, 6.07) is 54.3. The zero-order valence-corrected chi connectivity index (χ0v) is 28.7. The van der Waals surface area contributed by atoms with Crippen LogP contribution in [0.3, 0.4) is 0 Å². The Kier molecular flexibility index (Phi) is 6.77. The second-order valence-corrected chi connectivity index (χ2v) is 13.9. The van der Waals surface area contributed by atoms with Crippen LogP contribution in [0.15, 0.2) is 162 Å². The lowest BCUT2D eigenvalue weighted by molar-refractivity contribution is 0.623. The molecule has 0 unspecified atom stereocenters. The van der Waals surface area contributed by atoms with Crippen LogP contribution in [0.25, 0.3) is 89.7 Å². The molecule has 2 aromatic heterocycles. The molecule has 7 aromatic carbocycles. The molecule has 5 nitrogen and oxygen atoms in total. The molecule has 5 heteroatoms. The minimum Gasteiger partial charge on any atom is -0.435 e. The van der Waals surface area contributed by atoms with E-state index in [0.29, 0.717) is 23.4 Å². The van der Waals surface area contributed by atoms with E-state index in [1.54, 1.807) is 0 Å². The second-order valence-electron chi connectivity index (χ2n) is 13.9. The number of nitrogens with zero attached hydrogens (tertiary/aromatic N) is 4. The first-order valence-corrected chi connectivity index (χ1v) is 17.6. The van der Waals surface area contributed by atoms with E-state index in [1.165, 1.54) is 22.3 Å². The van der Waals surface area contributed by atoms with Gasteiger partial charge in [0.05, 0.1) is 0 Å². The van der Waals surface area contributed by atoms with Crippen LogP contribution in [-0.2, 0) is 5.41 Å². The number of benzene rings is 7. The molecule has 1 aliphatic rings. The molecule has 0 aliphatic heterocycles. The normalized spacial score (nSPS) is 13.0. The Morgan fingerprint density at radius 3 is 1.67 bits per heavy atom. The van der Waals surface area contributed by atoms with Crippen molar-refractivity contribution in [3.05, 3.63) is 169 Å². The van der Waals surface area contributed by atoms with Crippen molar-refractivity contribution in [2.45, 2.75) is 19.3 Å². The van der Waals surface area contributed by atoms with Crippen molar-refractivity contribution in [2.75, 3.05) is 0 Å². The molecule has 0 bridgehead atoms. The van der Waals surface area contributed by atoms with Crippen molar-refractivity contribution in [2.24, 2.45) is 0 Å². The van der Waals surface area contributed by atoms with Gasteiger partial charge in [-0.1, -0.05) is 153 Å². The summed E-state index contributed by atoms with van der Waals surface area (Å²) in [5.74, 6) is 2.28. The van der Waals surface area contributed by atoms with Crippen LogP contribution >= 0.6 is 0 Å². The summed E-state index contributed by atoms with van der Waals surface area (Å²) >= 11 is 0. The molecule has 0 fully saturated rings. The van der Waals surface area contributed by atoms with E-state index < -0.39 is 0 Å². The van der Waals surface area contributed by atoms with Crippen LogP contribution < -0.4 is 0 Å². The van der Waals surface area contributed by atoms with Crippen molar-refractivity contribution >= 4 is 21.9 Å². The van der Waals surface area contributed by atoms with Gasteiger partial charge in [-0.05, 0) is 57.0 Å². The van der Waals surface area contributed by atoms with E-state index in [2.05, 4.69) is 105 Å². The van der Waals surface area contributed by atoms with Crippen molar-refractivity contribution in [3.63, 3.8) is 0 Å². The maximum absolute atomic E-state index is 6.84. The zero-order chi connectivity index (χ0) is 34.8. The molecule has 0 N–H and O–H groups in total. The topological polar surface area (TPSA) is 64.7 Å². The number of fused-ring (bicyclic) bond motifs is 7. The number of hydrogen-bond acceptors (Lipinski definition) is 5. The average molecular weight is 669 g/mol. The third-order valence-electron chi connectivity index (χ3n) is 10.4. The van der Waals surface area contributed by atoms with Crippen LogP contribution in [0.5, 0.6) is 0 Å². The predicted octanol–water partition coefficient (Wildman–Crippen LogP) is 11.8. The largest absolute Gasteiger partial charge is 0.435 e. The Hall–Kier alpha value is -6.72. The van der Waals surface area contributed by atoms with Gasteiger partial charge in [-0.3, -0.25) is 0 Å². The van der Waals surface area contributed by atoms with Crippen molar-refractivity contribution in [3.8, 4) is 67.9 Å². The maximum atomic E-state index is 6.84. The standard InChI is InChI=1S/C47H32N4O/c1-47(2)37-21-13-12-20-35(37)40-38(47)27-26-34-28-36(41-42(39(34)40)52-46(48-41)33-18-10-5-11-19-33)45-50-43(31-16-8-4-9-17-31)49-44(51-45)32-24-22-30(23-25-32)29-14-6-3-7-15-29/h3-28H,1-2H3. The van der Waals surface area contributed by atoms with Crippen LogP contribution in [-0.4, -0.2) is 19.9 Å². The number of rotatable bonds is 5. The summed E-state index contributed by atoms with van der Waals surface area (Å²) in [6.07, 6.45) is 0. The van der Waals surface area contributed by atoms with Gasteiger partial charge in [0, 0.05) is 33.1 Å². The van der Waals surface area contributed by atoms with E-state index in [9.17, 15) is 0 Å². The van der Waals surface area contributed by atoms with Gasteiger partial charge in [0.25, 0.3) is 0 Å². The highest BCUT2D eigenvalue weighted by Gasteiger charge is 2.37. The van der Waals surface area contributed by atoms with Gasteiger partial charge in [0.2, 0.25) is 5.89 Å². The molecular weight excluding hydrogens is 637 g/mol. The monoisotopic (exact) mass is 668 g/mol. The Bertz CT molecular complexity index is 2790. The van der Waals surface area contributed by atoms with Gasteiger partial charge in [-0.25, -0.2) is 19.9 Å². The molecule has 0 atom stereocenters. The summed E-state index contributed by atoms with van der Waals surface area (Å²) in [4.78, 5) is 20.5. The van der Waals surface area contributed by atoms with E-state index in [4.69, 9.17) is 24.4 Å². The average Bonchev–Trinajstić information content (AvgIpc) is 3.76. The summed E-state index contributed by atoms with van der Waals surface area (Å²) in [5, 5.41) is 2.10. The highest BCUT2D eigenvalue weighted by Crippen LogP contribution is 2.53. The van der Waals surface area contributed by atoms with Crippen molar-refractivity contribution in [1.82, 2.24) is 19.9 Å². The Labute approximate surface area is 301 Å². The molecule has 0 amide bonds. The van der Waals surface area contributed by atoms with Gasteiger partial charge in [0.1, 0.15) is 5.52 Å². The molecule has 52 heavy (non-hydrogen) atoms. The van der Waals surface area contributed by atoms with Crippen molar-refractivity contribution < 1.29 is 4.42 Å². The van der Waals surface area contributed by atoms with Crippen molar-refractivity contribution in [1.29, 1.82) is 0 Å². The Morgan fingerprint density at radius 1 is 0.442 bits per heavy atom. The minimum absolute atomic E-state index is 0.156. The first-order valence-electron chi connectivity index (χ1n) is 17.6. The highest BCUT2D eigenvalue weighted by molar-refractivity contribution is 6.17. The molecule has 2 heterocycles. The summed E-state index contributed by atoms with van der Waals surface area (Å²) in [5.41, 5.74) is 12.1. The van der Waals surface area contributed by atoms with Crippen LogP contribution in [0.1, 0.15) is 25.0 Å². The second kappa shape index (κ2) is 11.7. The van der Waals surface area contributed by atoms with Crippen LogP contribution in [0.2, 0.25) is 0 Å². The third-order valence-corrected chi connectivity index (χ3v) is 10.4. The summed E-state index contributed by atoms with van der Waals surface area (Å²) < 4.78 is 6.84. The Balaban J connectivity index is 1.24. The SMILES string of the molecule is CC1(C)c2ccccc2-c2c1ccc1cc(-c3nc(-c4ccccc4)nc(-c4ccc(-c5ccccc5)cc4)n3)c3nc(-c4ccccc4)oc3c21. The van der Waals surface area contributed by atoms with E-state index in [-0.39, 0.29) is 5.41 Å². The predicted molar refractivity (Wildman–Crippen MR) is 210 cm³/mol. The van der Waals surface area contributed by atoms with Gasteiger partial charge in [0.15, 0.2) is 23.1 Å². The van der Waals surface area contributed by atoms with Gasteiger partial charge >= 0.3 is 0 Å². The molecule has 0 spiro atoms. The van der Waals surface area contributed by atoms with Gasteiger partial charge in [-0.2, -0.15) is 0 Å². The molecule has 9 aromatic rings. The molecule has 0 radical (unpaired) electrons. The molecule has 1 aliphatic carbocycles. The lowest BCUT2D eigenvalue weighted by atomic mass is 9.82. The number of hydrogen-bond donors (Lipinski definition) is 0. The summed E-state index contributed by atoms with van der Waals surface area (Å²) in [6.45, 7) is 4.60. The fraction of sp³-hybridized carbons (Fsp3) is 0.0638. The number of oxazole rings is 1. The van der Waals surface area contributed by atoms with Crippen LogP contribution in [0.4, 0.5) is 0 Å². The van der Waals surface area contributed by atoms with E-state index in [1.807, 2.05) is 66.7 Å². The first kappa shape index (κ1) is 30.1. The molecule has 246 valence electrons.